The first-order valence-electron chi connectivity index (χ1n) is 7.40. The summed E-state index contributed by atoms with van der Waals surface area (Å²) in [6.07, 6.45) is 0.111. The molecule has 0 aliphatic carbocycles. The van der Waals surface area contributed by atoms with Crippen LogP contribution in [0.2, 0.25) is 0 Å². The smallest absolute Gasteiger partial charge is 0.281 e. The van der Waals surface area contributed by atoms with Crippen LogP contribution in [-0.2, 0) is 4.79 Å². The Labute approximate surface area is 145 Å². The Kier molecular flexibility index (Phi) is 6.08. The number of nitrogens with zero attached hydrogens (tertiary/aromatic N) is 2. The summed E-state index contributed by atoms with van der Waals surface area (Å²) in [6, 6.07) is 11.1. The van der Waals surface area contributed by atoms with Gasteiger partial charge in [-0.1, -0.05) is 6.07 Å². The summed E-state index contributed by atoms with van der Waals surface area (Å²) in [7, 11) is 3.91. The van der Waals surface area contributed by atoms with Crippen molar-refractivity contribution >= 4 is 40.2 Å². The molecule has 0 saturated carbocycles. The third-order valence-corrected chi connectivity index (χ3v) is 4.05. The van der Waals surface area contributed by atoms with Gasteiger partial charge >= 0.3 is 0 Å². The molecule has 1 aromatic carbocycles. The van der Waals surface area contributed by atoms with Crippen molar-refractivity contribution in [2.45, 2.75) is 13.3 Å². The van der Waals surface area contributed by atoms with E-state index in [0.717, 1.165) is 11.4 Å². The summed E-state index contributed by atoms with van der Waals surface area (Å²) in [4.78, 5) is 26.3. The molecule has 1 heterocycles. The molecule has 126 valence electrons. The molecule has 0 unspecified atom stereocenters. The molecule has 6 nitrogen and oxygen atoms in total. The Bertz CT molecular complexity index is 722. The fourth-order valence-electron chi connectivity index (χ4n) is 1.93. The SMILES string of the molecule is C/C(CC(=O)Nc1ccc(N(C)C)cc1)=N\NC(=O)c1cccs1. The van der Waals surface area contributed by atoms with Crippen molar-refractivity contribution in [3.8, 4) is 0 Å². The maximum Gasteiger partial charge on any atom is 0.281 e. The van der Waals surface area contributed by atoms with Gasteiger partial charge in [-0.2, -0.15) is 5.10 Å². The van der Waals surface area contributed by atoms with Crippen LogP contribution in [0, 0.1) is 0 Å². The quantitative estimate of drug-likeness (QED) is 0.625. The number of carbonyl (C=O) groups excluding carboxylic acids is 2. The molecule has 24 heavy (non-hydrogen) atoms. The highest BCUT2D eigenvalue weighted by atomic mass is 32.1. The van der Waals surface area contributed by atoms with Crippen LogP contribution >= 0.6 is 11.3 Å². The molecule has 2 amide bonds. The van der Waals surface area contributed by atoms with Crippen LogP contribution in [0.25, 0.3) is 0 Å². The Morgan fingerprint density at radius 3 is 2.46 bits per heavy atom. The fourth-order valence-corrected chi connectivity index (χ4v) is 2.54. The molecule has 2 rings (SSSR count). The zero-order chi connectivity index (χ0) is 17.5. The van der Waals surface area contributed by atoms with Crippen molar-refractivity contribution in [1.82, 2.24) is 5.43 Å². The van der Waals surface area contributed by atoms with E-state index in [0.29, 0.717) is 10.6 Å². The lowest BCUT2D eigenvalue weighted by Gasteiger charge is -2.13. The second kappa shape index (κ2) is 8.26. The second-order valence-corrected chi connectivity index (χ2v) is 6.38. The fraction of sp³-hybridized carbons (Fsp3) is 0.235. The van der Waals surface area contributed by atoms with E-state index < -0.39 is 0 Å². The molecule has 0 radical (unpaired) electrons. The molecule has 0 aliphatic heterocycles. The summed E-state index contributed by atoms with van der Waals surface area (Å²) in [5, 5.41) is 8.58. The van der Waals surface area contributed by atoms with Gasteiger partial charge < -0.3 is 10.2 Å². The van der Waals surface area contributed by atoms with E-state index in [1.54, 1.807) is 19.1 Å². The van der Waals surface area contributed by atoms with Gasteiger partial charge in [-0.25, -0.2) is 5.43 Å². The molecule has 0 atom stereocenters. The van der Waals surface area contributed by atoms with Crippen molar-refractivity contribution < 1.29 is 9.59 Å². The lowest BCUT2D eigenvalue weighted by Crippen LogP contribution is -2.20. The minimum absolute atomic E-state index is 0.111. The number of anilines is 2. The highest BCUT2D eigenvalue weighted by Gasteiger charge is 2.07. The number of nitrogens with one attached hydrogen (secondary N) is 2. The molecule has 7 heteroatoms. The predicted octanol–water partition coefficient (Wildman–Crippen LogP) is 2.95. The standard InChI is InChI=1S/C17H20N4O2S/c1-12(19-20-17(23)15-5-4-10-24-15)11-16(22)18-13-6-8-14(9-7-13)21(2)3/h4-10H,11H2,1-3H3,(H,18,22)(H,20,23)/b19-12+. The van der Waals surface area contributed by atoms with E-state index in [2.05, 4.69) is 15.8 Å². The number of hydrogen-bond donors (Lipinski definition) is 2. The molecule has 0 spiro atoms. The highest BCUT2D eigenvalue weighted by Crippen LogP contribution is 2.15. The highest BCUT2D eigenvalue weighted by molar-refractivity contribution is 7.12. The molecule has 0 fully saturated rings. The van der Waals surface area contributed by atoms with Crippen molar-refractivity contribution in [3.63, 3.8) is 0 Å². The zero-order valence-electron chi connectivity index (χ0n) is 13.9. The van der Waals surface area contributed by atoms with Gasteiger partial charge in [0.2, 0.25) is 5.91 Å². The van der Waals surface area contributed by atoms with E-state index in [1.807, 2.05) is 48.6 Å². The first-order valence-corrected chi connectivity index (χ1v) is 8.28. The number of carbonyl (C=O) groups is 2. The maximum atomic E-state index is 12.0. The van der Waals surface area contributed by atoms with Gasteiger partial charge in [-0.05, 0) is 42.6 Å². The van der Waals surface area contributed by atoms with E-state index in [4.69, 9.17) is 0 Å². The van der Waals surface area contributed by atoms with Gasteiger partial charge in [0.25, 0.3) is 5.91 Å². The number of hydrazone groups is 1. The summed E-state index contributed by atoms with van der Waals surface area (Å²) in [5.74, 6) is -0.455. The van der Waals surface area contributed by atoms with Crippen LogP contribution < -0.4 is 15.6 Å². The maximum absolute atomic E-state index is 12.0. The van der Waals surface area contributed by atoms with Gasteiger partial charge in [0, 0.05) is 31.2 Å². The van der Waals surface area contributed by atoms with Gasteiger partial charge in [0.05, 0.1) is 11.3 Å². The average molecular weight is 344 g/mol. The lowest BCUT2D eigenvalue weighted by molar-refractivity contribution is -0.115. The average Bonchev–Trinajstić information content (AvgIpc) is 3.07. The Hall–Kier alpha value is -2.67. The van der Waals surface area contributed by atoms with Crippen LogP contribution in [0.1, 0.15) is 23.0 Å². The van der Waals surface area contributed by atoms with Gasteiger partial charge in [0.1, 0.15) is 0 Å². The topological polar surface area (TPSA) is 73.8 Å². The van der Waals surface area contributed by atoms with E-state index in [9.17, 15) is 9.59 Å². The van der Waals surface area contributed by atoms with Crippen molar-refractivity contribution in [1.29, 1.82) is 0 Å². The van der Waals surface area contributed by atoms with Crippen LogP contribution in [0.5, 0.6) is 0 Å². The number of amides is 2. The predicted molar refractivity (Wildman–Crippen MR) is 98.9 cm³/mol. The molecular weight excluding hydrogens is 324 g/mol. The van der Waals surface area contributed by atoms with Crippen LogP contribution in [0.15, 0.2) is 46.9 Å². The van der Waals surface area contributed by atoms with Crippen LogP contribution in [0.3, 0.4) is 0 Å². The number of rotatable bonds is 6. The summed E-state index contributed by atoms with van der Waals surface area (Å²) < 4.78 is 0. The molecule has 0 saturated heterocycles. The van der Waals surface area contributed by atoms with Crippen molar-refractivity contribution in [3.05, 3.63) is 46.7 Å². The van der Waals surface area contributed by atoms with Crippen LogP contribution in [0.4, 0.5) is 11.4 Å². The monoisotopic (exact) mass is 344 g/mol. The lowest BCUT2D eigenvalue weighted by atomic mass is 10.2. The Morgan fingerprint density at radius 2 is 1.88 bits per heavy atom. The van der Waals surface area contributed by atoms with Crippen molar-refractivity contribution in [2.24, 2.45) is 5.10 Å². The first-order chi connectivity index (χ1) is 11.5. The number of hydrogen-bond acceptors (Lipinski definition) is 5. The van der Waals surface area contributed by atoms with E-state index in [-0.39, 0.29) is 18.2 Å². The third-order valence-electron chi connectivity index (χ3n) is 3.18. The third kappa shape index (κ3) is 5.20. The normalized spacial score (nSPS) is 11.0. The molecule has 2 aromatic rings. The number of thiophene rings is 1. The van der Waals surface area contributed by atoms with Gasteiger partial charge in [-0.15, -0.1) is 11.3 Å². The second-order valence-electron chi connectivity index (χ2n) is 5.43. The molecule has 0 bridgehead atoms. The molecular formula is C17H20N4O2S. The summed E-state index contributed by atoms with van der Waals surface area (Å²) >= 11 is 1.34. The van der Waals surface area contributed by atoms with Crippen LogP contribution in [-0.4, -0.2) is 31.6 Å². The minimum Gasteiger partial charge on any atom is -0.378 e. The zero-order valence-corrected chi connectivity index (χ0v) is 14.7. The molecule has 2 N–H and O–H groups in total. The van der Waals surface area contributed by atoms with Gasteiger partial charge in [-0.3, -0.25) is 9.59 Å². The van der Waals surface area contributed by atoms with Crippen molar-refractivity contribution in [2.75, 3.05) is 24.3 Å². The minimum atomic E-state index is -0.274. The Morgan fingerprint density at radius 1 is 1.17 bits per heavy atom. The molecule has 0 aliphatic rings. The summed E-state index contributed by atoms with van der Waals surface area (Å²) in [6.45, 7) is 1.70. The summed E-state index contributed by atoms with van der Waals surface area (Å²) in [5.41, 5.74) is 4.76. The first kappa shape index (κ1) is 17.7. The Balaban J connectivity index is 1.84. The van der Waals surface area contributed by atoms with Gasteiger partial charge in [0.15, 0.2) is 0 Å². The molecule has 1 aromatic heterocycles. The largest absolute Gasteiger partial charge is 0.378 e. The number of benzene rings is 1. The van der Waals surface area contributed by atoms with E-state index >= 15 is 0 Å². The van der Waals surface area contributed by atoms with E-state index in [1.165, 1.54) is 11.3 Å².